The van der Waals surface area contributed by atoms with E-state index in [1.54, 1.807) is 53.4 Å². The van der Waals surface area contributed by atoms with Gasteiger partial charge in [-0.2, -0.15) is 0 Å². The lowest BCUT2D eigenvalue weighted by Gasteiger charge is -2.33. The number of hydrogen-bond acceptors (Lipinski definition) is 8. The Morgan fingerprint density at radius 2 is 1.02 bits per heavy atom. The summed E-state index contributed by atoms with van der Waals surface area (Å²) in [5.74, 6) is 0.613. The van der Waals surface area contributed by atoms with E-state index < -0.39 is 20.0 Å². The van der Waals surface area contributed by atoms with Crippen LogP contribution >= 0.6 is 0 Å². The smallest absolute Gasteiger partial charge is 0.254 e. The van der Waals surface area contributed by atoms with Gasteiger partial charge in [-0.15, -0.1) is 0 Å². The van der Waals surface area contributed by atoms with Crippen LogP contribution in [0.15, 0.2) is 170 Å². The molecule has 2 fully saturated rings. The standard InChI is InChI=1S/C26H28N2O4S.C25H26N2O4S/c1-33(30,31)28(20-21-9-4-2-5-10-21)23-12-8-11-22(19-23)26(29)27-17-15-25(16-18-27)32-24-13-6-3-7-14-24;1-32(29,30)27(18-20-9-4-2-5-10-20)23-14-8-13-22(17-23)25(28)26-15-16-31-24(19-26)21-11-6-3-7-12-21/h2-14,19,25H,15-18,20H2,1H3;2-14,17,24H,15-16,18-19H2,1H3. The first-order valence-corrected chi connectivity index (χ1v) is 25.2. The quantitative estimate of drug-likeness (QED) is 0.113. The Hall–Kier alpha value is -6.48. The summed E-state index contributed by atoms with van der Waals surface area (Å²) < 4.78 is 64.7. The number of sulfonamides is 2. The van der Waals surface area contributed by atoms with Crippen molar-refractivity contribution in [3.8, 4) is 5.75 Å². The van der Waals surface area contributed by atoms with Gasteiger partial charge in [0.05, 0.1) is 50.1 Å². The molecule has 0 N–H and O–H groups in total. The zero-order valence-electron chi connectivity index (χ0n) is 36.6. The van der Waals surface area contributed by atoms with Gasteiger partial charge in [0.1, 0.15) is 18.0 Å². The van der Waals surface area contributed by atoms with Gasteiger partial charge in [0.2, 0.25) is 20.0 Å². The van der Waals surface area contributed by atoms with Crippen LogP contribution in [-0.2, 0) is 37.9 Å². The molecule has 2 aliphatic rings. The molecule has 6 aromatic rings. The highest BCUT2D eigenvalue weighted by Crippen LogP contribution is 2.28. The van der Waals surface area contributed by atoms with Gasteiger partial charge in [-0.05, 0) is 65.2 Å². The molecule has 0 bridgehead atoms. The van der Waals surface area contributed by atoms with Gasteiger partial charge >= 0.3 is 0 Å². The lowest BCUT2D eigenvalue weighted by molar-refractivity contribution is -0.0228. The number of carbonyl (C=O) groups is 2. The molecule has 65 heavy (non-hydrogen) atoms. The zero-order chi connectivity index (χ0) is 45.8. The van der Waals surface area contributed by atoms with Crippen LogP contribution in [0, 0.1) is 0 Å². The van der Waals surface area contributed by atoms with Crippen molar-refractivity contribution in [2.75, 3.05) is 53.9 Å². The molecule has 0 saturated carbocycles. The summed E-state index contributed by atoms with van der Waals surface area (Å²) in [6.45, 7) is 3.00. The number of carbonyl (C=O) groups excluding carboxylic acids is 2. The molecule has 338 valence electrons. The lowest BCUT2D eigenvalue weighted by Crippen LogP contribution is -2.42. The fourth-order valence-electron chi connectivity index (χ4n) is 7.82. The second kappa shape index (κ2) is 21.5. The van der Waals surface area contributed by atoms with Gasteiger partial charge in [0.15, 0.2) is 0 Å². The fourth-order valence-corrected chi connectivity index (χ4v) is 9.58. The maximum atomic E-state index is 13.3. The maximum Gasteiger partial charge on any atom is 0.254 e. The number of nitrogens with zero attached hydrogens (tertiary/aromatic N) is 4. The highest BCUT2D eigenvalue weighted by atomic mass is 32.2. The monoisotopic (exact) mass is 914 g/mol. The molecule has 1 atom stereocenters. The third kappa shape index (κ3) is 12.8. The molecule has 2 aliphatic heterocycles. The Bertz CT molecular complexity index is 2720. The van der Waals surface area contributed by atoms with E-state index in [2.05, 4.69) is 0 Å². The molecule has 8 rings (SSSR count). The van der Waals surface area contributed by atoms with E-state index in [9.17, 15) is 26.4 Å². The first-order valence-electron chi connectivity index (χ1n) is 21.5. The van der Waals surface area contributed by atoms with Gasteiger partial charge in [0.25, 0.3) is 11.8 Å². The van der Waals surface area contributed by atoms with Crippen molar-refractivity contribution in [3.05, 3.63) is 198 Å². The van der Waals surface area contributed by atoms with Crippen molar-refractivity contribution < 1.29 is 35.9 Å². The number of morpholine rings is 1. The second-order valence-electron chi connectivity index (χ2n) is 16.1. The predicted molar refractivity (Wildman–Crippen MR) is 255 cm³/mol. The third-order valence-corrected chi connectivity index (χ3v) is 13.5. The van der Waals surface area contributed by atoms with E-state index >= 15 is 0 Å². The van der Waals surface area contributed by atoms with Crippen LogP contribution in [0.4, 0.5) is 11.4 Å². The largest absolute Gasteiger partial charge is 0.490 e. The number of ether oxygens (including phenoxy) is 2. The number of likely N-dealkylation sites (tertiary alicyclic amines) is 1. The molecular weight excluding hydrogens is 861 g/mol. The highest BCUT2D eigenvalue weighted by Gasteiger charge is 2.28. The highest BCUT2D eigenvalue weighted by molar-refractivity contribution is 7.92. The average Bonchev–Trinajstić information content (AvgIpc) is 3.33. The number of anilines is 2. The molecule has 12 nitrogen and oxygen atoms in total. The van der Waals surface area contributed by atoms with Gasteiger partial charge in [-0.25, -0.2) is 16.8 Å². The first kappa shape index (κ1) is 46.5. The van der Waals surface area contributed by atoms with Crippen molar-refractivity contribution in [1.29, 1.82) is 0 Å². The first-order chi connectivity index (χ1) is 31.3. The van der Waals surface area contributed by atoms with E-state index in [0.29, 0.717) is 55.3 Å². The van der Waals surface area contributed by atoms with Crippen molar-refractivity contribution in [2.45, 2.75) is 38.1 Å². The van der Waals surface area contributed by atoms with Crippen LogP contribution < -0.4 is 13.3 Å². The summed E-state index contributed by atoms with van der Waals surface area (Å²) in [5, 5.41) is 0. The number of benzene rings is 6. The molecule has 6 aromatic carbocycles. The predicted octanol–water partition coefficient (Wildman–Crippen LogP) is 8.20. The number of hydrogen-bond donors (Lipinski definition) is 0. The Morgan fingerprint density at radius 3 is 1.49 bits per heavy atom. The minimum atomic E-state index is -3.54. The minimum absolute atomic E-state index is 0.0781. The normalized spacial score (nSPS) is 15.6. The van der Waals surface area contributed by atoms with E-state index in [-0.39, 0.29) is 37.1 Å². The van der Waals surface area contributed by atoms with Crippen molar-refractivity contribution in [3.63, 3.8) is 0 Å². The van der Waals surface area contributed by atoms with Crippen molar-refractivity contribution in [1.82, 2.24) is 9.80 Å². The van der Waals surface area contributed by atoms with E-state index in [0.717, 1.165) is 35.3 Å². The maximum absolute atomic E-state index is 13.3. The summed E-state index contributed by atoms with van der Waals surface area (Å²) in [4.78, 5) is 30.0. The van der Waals surface area contributed by atoms with Crippen LogP contribution in [0.1, 0.15) is 56.4 Å². The second-order valence-corrected chi connectivity index (χ2v) is 19.9. The van der Waals surface area contributed by atoms with Gasteiger partial charge in [0, 0.05) is 43.6 Å². The summed E-state index contributed by atoms with van der Waals surface area (Å²) in [5.41, 5.74) is 4.66. The molecule has 0 spiro atoms. The van der Waals surface area contributed by atoms with E-state index in [1.807, 2.05) is 126 Å². The number of amides is 2. The number of piperidine rings is 1. The van der Waals surface area contributed by atoms with Crippen LogP contribution in [-0.4, -0.2) is 89.9 Å². The Labute approximate surface area is 382 Å². The Morgan fingerprint density at radius 1 is 0.569 bits per heavy atom. The van der Waals surface area contributed by atoms with Crippen LogP contribution in [0.25, 0.3) is 0 Å². The molecule has 0 radical (unpaired) electrons. The third-order valence-electron chi connectivity index (χ3n) is 11.2. The van der Waals surface area contributed by atoms with Crippen LogP contribution in [0.5, 0.6) is 5.75 Å². The molecular formula is C51H54N4O8S2. The number of rotatable bonds is 13. The summed E-state index contributed by atoms with van der Waals surface area (Å²) >= 11 is 0. The molecule has 1 unspecified atom stereocenters. The van der Waals surface area contributed by atoms with Crippen LogP contribution in [0.2, 0.25) is 0 Å². The average molecular weight is 915 g/mol. The number of para-hydroxylation sites is 1. The zero-order valence-corrected chi connectivity index (χ0v) is 38.2. The Balaban J connectivity index is 0.000000194. The van der Waals surface area contributed by atoms with E-state index in [4.69, 9.17) is 9.47 Å². The minimum Gasteiger partial charge on any atom is -0.490 e. The van der Waals surface area contributed by atoms with Gasteiger partial charge < -0.3 is 19.3 Å². The summed E-state index contributed by atoms with van der Waals surface area (Å²) in [7, 11) is -7.07. The molecule has 0 aromatic heterocycles. The fraction of sp³-hybridized carbons (Fsp3) is 0.255. The molecule has 0 aliphatic carbocycles. The Kier molecular flexibility index (Phi) is 15.4. The van der Waals surface area contributed by atoms with Crippen LogP contribution in [0.3, 0.4) is 0 Å². The molecule has 2 saturated heterocycles. The summed E-state index contributed by atoms with van der Waals surface area (Å²) in [6.07, 6.45) is 3.77. The summed E-state index contributed by atoms with van der Waals surface area (Å²) in [6, 6.07) is 52.0. The SMILES string of the molecule is CS(=O)(=O)N(Cc1ccccc1)c1cccc(C(=O)N2CCC(Oc3ccccc3)CC2)c1.CS(=O)(=O)N(Cc1ccccc1)c1cccc(C(=O)N2CCOC(c3ccccc3)C2)c1. The lowest BCUT2D eigenvalue weighted by atomic mass is 10.1. The van der Waals surface area contributed by atoms with Gasteiger partial charge in [-0.1, -0.05) is 121 Å². The molecule has 2 heterocycles. The molecule has 2 amide bonds. The molecule has 14 heteroatoms. The van der Waals surface area contributed by atoms with Gasteiger partial charge in [-0.3, -0.25) is 18.2 Å². The van der Waals surface area contributed by atoms with Crippen molar-refractivity contribution >= 4 is 43.2 Å². The van der Waals surface area contributed by atoms with E-state index in [1.165, 1.54) is 21.1 Å². The van der Waals surface area contributed by atoms with Crippen molar-refractivity contribution in [2.24, 2.45) is 0 Å². The topological polar surface area (TPSA) is 134 Å².